The van der Waals surface area contributed by atoms with Gasteiger partial charge in [-0.1, -0.05) is 97.0 Å². The van der Waals surface area contributed by atoms with Crippen molar-refractivity contribution in [2.45, 2.75) is 105 Å². The Morgan fingerprint density at radius 2 is 1.44 bits per heavy atom. The molecule has 0 saturated carbocycles. The number of nitrogens with zero attached hydrogens (tertiary/aromatic N) is 5. The molecule has 2 aliphatic rings. The van der Waals surface area contributed by atoms with Crippen LogP contribution in [0.25, 0.3) is 54.7 Å². The van der Waals surface area contributed by atoms with E-state index in [1.165, 1.54) is 71.4 Å². The average molecular weight is 664 g/mol. The topological polar surface area (TPSA) is 28.0 Å². The lowest BCUT2D eigenvalue weighted by Crippen LogP contribution is -2.73. The highest BCUT2D eigenvalue weighted by molar-refractivity contribution is 6.18. The molecule has 5 heteroatoms. The lowest BCUT2D eigenvalue weighted by molar-refractivity contribution is -0.942. The van der Waals surface area contributed by atoms with E-state index in [0.717, 1.165) is 5.65 Å². The summed E-state index contributed by atoms with van der Waals surface area (Å²) in [5.41, 5.74) is 10.3. The van der Waals surface area contributed by atoms with Crippen molar-refractivity contribution in [1.29, 1.82) is 0 Å². The minimum Gasteiger partial charge on any atom is -0.307 e. The van der Waals surface area contributed by atoms with Crippen LogP contribution in [0.3, 0.4) is 0 Å². The molecule has 2 aliphatic heterocycles. The predicted octanol–water partition coefficient (Wildman–Crippen LogP) is 10.1. The van der Waals surface area contributed by atoms with Crippen LogP contribution < -0.4 is 4.57 Å². The maximum absolute atomic E-state index is 5.44. The van der Waals surface area contributed by atoms with Crippen molar-refractivity contribution in [2.24, 2.45) is 13.0 Å². The molecule has 0 radical (unpaired) electrons. The second-order valence-corrected chi connectivity index (χ2v) is 17.0. The van der Waals surface area contributed by atoms with Gasteiger partial charge in [-0.2, -0.15) is 4.58 Å². The van der Waals surface area contributed by atoms with E-state index in [1.807, 2.05) is 0 Å². The summed E-state index contributed by atoms with van der Waals surface area (Å²) in [6, 6.07) is 23.5. The molecule has 2 aromatic heterocycles. The van der Waals surface area contributed by atoms with Crippen LogP contribution in [0.5, 0.6) is 0 Å². The third kappa shape index (κ3) is 4.21. The molecular weight excluding hydrogens is 611 g/mol. The van der Waals surface area contributed by atoms with Gasteiger partial charge in [-0.3, -0.25) is 4.90 Å². The summed E-state index contributed by atoms with van der Waals surface area (Å²) >= 11 is 0. The van der Waals surface area contributed by atoms with Crippen LogP contribution in [0.2, 0.25) is 0 Å². The molecule has 0 N–H and O–H groups in total. The van der Waals surface area contributed by atoms with Crippen LogP contribution in [-0.4, -0.2) is 37.3 Å². The fourth-order valence-corrected chi connectivity index (χ4v) is 9.23. The monoisotopic (exact) mass is 663 g/mol. The average Bonchev–Trinajstić information content (AvgIpc) is 3.51. The molecule has 0 aliphatic carbocycles. The summed E-state index contributed by atoms with van der Waals surface area (Å²) in [5, 5.41) is 7.76. The van der Waals surface area contributed by atoms with E-state index in [0.29, 0.717) is 11.8 Å². The number of hydrogen-bond acceptors (Lipinski definition) is 2. The fourth-order valence-electron chi connectivity index (χ4n) is 9.23. The second kappa shape index (κ2) is 11.0. The SMILES string of the molecule is CC(C)C1=CN(C(C)C)C2(c3c(cc(C(C)(C)C)c4ccccc34)-c3c4c5cc6ccccc6c(C(C)C)c5n(C)c4nc[n+]32)[N+](C(C)C)=C1. The first-order valence-electron chi connectivity index (χ1n) is 18.6. The van der Waals surface area contributed by atoms with E-state index >= 15 is 0 Å². The number of allylic oxidation sites excluding steroid dienone is 1. The highest BCUT2D eigenvalue weighted by atomic mass is 15.5. The van der Waals surface area contributed by atoms with Crippen LogP contribution >= 0.6 is 0 Å². The number of aromatic nitrogens is 3. The van der Waals surface area contributed by atoms with Crippen molar-refractivity contribution >= 4 is 49.7 Å². The van der Waals surface area contributed by atoms with Crippen LogP contribution in [-0.2, 0) is 18.2 Å². The molecule has 4 aromatic carbocycles. The highest BCUT2D eigenvalue weighted by Crippen LogP contribution is 2.52. The summed E-state index contributed by atoms with van der Waals surface area (Å²) < 4.78 is 7.55. The molecule has 0 saturated heterocycles. The first-order chi connectivity index (χ1) is 23.7. The number of benzene rings is 4. The molecule has 8 rings (SSSR count). The molecule has 0 fully saturated rings. The first-order valence-corrected chi connectivity index (χ1v) is 18.6. The summed E-state index contributed by atoms with van der Waals surface area (Å²) in [6.45, 7) is 25.7. The molecule has 6 aromatic rings. The van der Waals surface area contributed by atoms with Gasteiger partial charge >= 0.3 is 5.79 Å². The lowest BCUT2D eigenvalue weighted by Gasteiger charge is -2.42. The van der Waals surface area contributed by atoms with E-state index < -0.39 is 5.79 Å². The Hall–Kier alpha value is -4.51. The maximum Gasteiger partial charge on any atom is 0.417 e. The third-order valence-electron chi connectivity index (χ3n) is 11.4. The van der Waals surface area contributed by atoms with Crippen LogP contribution in [0, 0.1) is 5.92 Å². The van der Waals surface area contributed by atoms with E-state index in [1.54, 1.807) is 0 Å². The number of aryl methyl sites for hydroxylation is 1. The van der Waals surface area contributed by atoms with Gasteiger partial charge in [-0.15, -0.1) is 4.57 Å². The molecule has 1 unspecified atom stereocenters. The summed E-state index contributed by atoms with van der Waals surface area (Å²) in [6.07, 6.45) is 7.05. The largest absolute Gasteiger partial charge is 0.417 e. The highest BCUT2D eigenvalue weighted by Gasteiger charge is 2.65. The zero-order chi connectivity index (χ0) is 35.6. The minimum absolute atomic E-state index is 0.0555. The van der Waals surface area contributed by atoms with Gasteiger partial charge in [0, 0.05) is 35.8 Å². The van der Waals surface area contributed by atoms with Crippen LogP contribution in [0.15, 0.2) is 78.8 Å². The maximum atomic E-state index is 5.44. The Bertz CT molecular complexity index is 2450. The molecule has 5 nitrogen and oxygen atoms in total. The molecule has 0 amide bonds. The van der Waals surface area contributed by atoms with Crippen LogP contribution in [0.1, 0.15) is 98.8 Å². The molecule has 4 heterocycles. The smallest absolute Gasteiger partial charge is 0.307 e. The van der Waals surface area contributed by atoms with Crippen LogP contribution in [0.4, 0.5) is 0 Å². The Morgan fingerprint density at radius 3 is 2.06 bits per heavy atom. The quantitative estimate of drug-likeness (QED) is 0.176. The summed E-state index contributed by atoms with van der Waals surface area (Å²) in [4.78, 5) is 8.08. The van der Waals surface area contributed by atoms with E-state index in [-0.39, 0.29) is 17.5 Å². The van der Waals surface area contributed by atoms with E-state index in [2.05, 4.69) is 181 Å². The molecule has 1 spiro atoms. The van der Waals surface area contributed by atoms with Crippen molar-refractivity contribution in [1.82, 2.24) is 14.5 Å². The summed E-state index contributed by atoms with van der Waals surface area (Å²) in [5.74, 6) is 0.0760. The van der Waals surface area contributed by atoms with Gasteiger partial charge in [0.15, 0.2) is 18.0 Å². The van der Waals surface area contributed by atoms with Gasteiger partial charge in [0.05, 0.1) is 5.52 Å². The molecule has 50 heavy (non-hydrogen) atoms. The van der Waals surface area contributed by atoms with Crippen molar-refractivity contribution in [2.75, 3.05) is 0 Å². The van der Waals surface area contributed by atoms with Gasteiger partial charge in [-0.05, 0) is 94.7 Å². The second-order valence-electron chi connectivity index (χ2n) is 17.0. The molecular formula is C45H53N5+2. The zero-order valence-electron chi connectivity index (χ0n) is 32.1. The fraction of sp³-hybridized carbons (Fsp3) is 0.400. The standard InChI is InChI=1S/C45H53N5/c1-26(2)31-23-48(28(5)6)45(49(24-31)29(7)8)40-34-20-16-15-19-33(34)37(44(9,10)11)22-36(40)42-39-35-21-30-17-13-14-18-32(30)38(27(3)4)41(35)47(12)43(39)46-25-50(42)45/h13-29H,1-12H3/q+2. The normalized spacial score (nSPS) is 17.8. The number of hydrogen-bond donors (Lipinski definition) is 0. The lowest BCUT2D eigenvalue weighted by atomic mass is 9.79. The van der Waals surface area contributed by atoms with Crippen molar-refractivity contribution in [3.63, 3.8) is 0 Å². The van der Waals surface area contributed by atoms with Crippen molar-refractivity contribution in [3.8, 4) is 11.3 Å². The molecule has 0 bridgehead atoms. The minimum atomic E-state index is -0.664. The third-order valence-corrected chi connectivity index (χ3v) is 11.4. The van der Waals surface area contributed by atoms with E-state index in [4.69, 9.17) is 4.98 Å². The van der Waals surface area contributed by atoms with Gasteiger partial charge in [0.1, 0.15) is 10.9 Å². The van der Waals surface area contributed by atoms with Gasteiger partial charge in [0.2, 0.25) is 0 Å². The Kier molecular flexibility index (Phi) is 7.19. The molecule has 256 valence electrons. The predicted molar refractivity (Wildman–Crippen MR) is 210 cm³/mol. The Balaban J connectivity index is 1.67. The zero-order valence-corrected chi connectivity index (χ0v) is 32.1. The Morgan fingerprint density at radius 1 is 0.780 bits per heavy atom. The van der Waals surface area contributed by atoms with E-state index in [9.17, 15) is 0 Å². The number of fused-ring (bicyclic) bond motifs is 12. The molecule has 1 atom stereocenters. The number of rotatable bonds is 4. The van der Waals surface area contributed by atoms with Crippen molar-refractivity contribution < 1.29 is 9.14 Å². The summed E-state index contributed by atoms with van der Waals surface area (Å²) in [7, 11) is 2.22. The Labute approximate surface area is 297 Å². The van der Waals surface area contributed by atoms with Gasteiger partial charge in [-0.25, -0.2) is 0 Å². The van der Waals surface area contributed by atoms with Gasteiger partial charge < -0.3 is 4.57 Å². The van der Waals surface area contributed by atoms with Gasteiger partial charge in [0.25, 0.3) is 12.0 Å². The van der Waals surface area contributed by atoms with Crippen molar-refractivity contribution in [3.05, 3.63) is 95.5 Å². The first kappa shape index (κ1) is 32.7.